The zero-order valence-electron chi connectivity index (χ0n) is 14.8. The molecule has 0 aliphatic heterocycles. The monoisotopic (exact) mass is 440 g/mol. The van der Waals surface area contributed by atoms with E-state index in [9.17, 15) is 18.0 Å². The van der Waals surface area contributed by atoms with Gasteiger partial charge in [0.15, 0.2) is 0 Å². The van der Waals surface area contributed by atoms with Crippen molar-refractivity contribution in [2.45, 2.75) is 19.1 Å². The molecule has 0 spiro atoms. The Morgan fingerprint density at radius 3 is 2.41 bits per heavy atom. The molecule has 0 fully saturated rings. The van der Waals surface area contributed by atoms with Crippen LogP contribution in [0, 0.1) is 0 Å². The first-order valence-corrected chi connectivity index (χ1v) is 9.02. The molecule has 2 heterocycles. The summed E-state index contributed by atoms with van der Waals surface area (Å²) in [5.74, 6) is -0.730. The standard InChI is InChI=1S/C19H13Cl2F3N4O/c1-10(16-17(26-5-4-25-16)15-3-2-13(20)9-27-15)28-18(29)11-6-12(19(22,23)24)8-14(21)7-11/h2-10H,1H3,(H,28,29). The van der Waals surface area contributed by atoms with Crippen LogP contribution in [0.1, 0.15) is 34.6 Å². The zero-order chi connectivity index (χ0) is 21.2. The molecule has 0 aliphatic carbocycles. The van der Waals surface area contributed by atoms with E-state index in [0.29, 0.717) is 22.1 Å². The Labute approximate surface area is 173 Å². The third-order valence-corrected chi connectivity index (χ3v) is 4.38. The lowest BCUT2D eigenvalue weighted by molar-refractivity contribution is -0.137. The number of nitrogens with zero attached hydrogens (tertiary/aromatic N) is 3. The van der Waals surface area contributed by atoms with Crippen LogP contribution in [0.3, 0.4) is 0 Å². The SMILES string of the molecule is CC(NC(=O)c1cc(Cl)cc(C(F)(F)F)c1)c1nccnc1-c1ccc(Cl)cn1. The maximum Gasteiger partial charge on any atom is 0.416 e. The summed E-state index contributed by atoms with van der Waals surface area (Å²) >= 11 is 11.6. The number of rotatable bonds is 4. The van der Waals surface area contributed by atoms with Crippen molar-refractivity contribution < 1.29 is 18.0 Å². The minimum atomic E-state index is -4.62. The number of benzene rings is 1. The number of aromatic nitrogens is 3. The highest BCUT2D eigenvalue weighted by atomic mass is 35.5. The predicted octanol–water partition coefficient (Wildman–Crippen LogP) is 5.36. The van der Waals surface area contributed by atoms with Crippen LogP contribution in [0.4, 0.5) is 13.2 Å². The summed E-state index contributed by atoms with van der Waals surface area (Å²) in [4.78, 5) is 25.2. The van der Waals surface area contributed by atoms with Crippen molar-refractivity contribution in [2.75, 3.05) is 0 Å². The number of hydrogen-bond acceptors (Lipinski definition) is 4. The smallest absolute Gasteiger partial charge is 0.344 e. The highest BCUT2D eigenvalue weighted by Crippen LogP contribution is 2.32. The van der Waals surface area contributed by atoms with E-state index in [2.05, 4.69) is 20.3 Å². The van der Waals surface area contributed by atoms with Crippen LogP contribution in [0.25, 0.3) is 11.4 Å². The van der Waals surface area contributed by atoms with Crippen molar-refractivity contribution in [3.8, 4) is 11.4 Å². The van der Waals surface area contributed by atoms with E-state index in [1.807, 2.05) is 0 Å². The molecule has 0 bridgehead atoms. The molecule has 0 aliphatic rings. The van der Waals surface area contributed by atoms with Gasteiger partial charge < -0.3 is 5.32 Å². The second-order valence-electron chi connectivity index (χ2n) is 6.07. The van der Waals surface area contributed by atoms with Gasteiger partial charge in [0.25, 0.3) is 5.91 Å². The molecule has 1 aromatic carbocycles. The van der Waals surface area contributed by atoms with Crippen molar-refractivity contribution >= 4 is 29.1 Å². The van der Waals surface area contributed by atoms with Gasteiger partial charge in [0.2, 0.25) is 0 Å². The van der Waals surface area contributed by atoms with Crippen molar-refractivity contribution in [2.24, 2.45) is 0 Å². The predicted molar refractivity (Wildman–Crippen MR) is 103 cm³/mol. The van der Waals surface area contributed by atoms with Gasteiger partial charge in [0.1, 0.15) is 5.69 Å². The summed E-state index contributed by atoms with van der Waals surface area (Å²) in [7, 11) is 0. The Morgan fingerprint density at radius 1 is 1.03 bits per heavy atom. The summed E-state index contributed by atoms with van der Waals surface area (Å²) in [6.45, 7) is 1.64. The maximum absolute atomic E-state index is 13.0. The average molecular weight is 441 g/mol. The number of pyridine rings is 1. The molecule has 2 aromatic heterocycles. The number of nitrogens with one attached hydrogen (secondary N) is 1. The fourth-order valence-electron chi connectivity index (χ4n) is 2.61. The van der Waals surface area contributed by atoms with Gasteiger partial charge >= 0.3 is 6.18 Å². The summed E-state index contributed by atoms with van der Waals surface area (Å²) < 4.78 is 38.9. The molecular weight excluding hydrogens is 428 g/mol. The largest absolute Gasteiger partial charge is 0.416 e. The number of carbonyl (C=O) groups excluding carboxylic acids is 1. The maximum atomic E-state index is 13.0. The summed E-state index contributed by atoms with van der Waals surface area (Å²) in [6, 6.07) is 5.28. The van der Waals surface area contributed by atoms with Crippen LogP contribution < -0.4 is 5.32 Å². The first-order valence-electron chi connectivity index (χ1n) is 8.26. The number of carbonyl (C=O) groups is 1. The quantitative estimate of drug-likeness (QED) is 0.593. The van der Waals surface area contributed by atoms with Crippen LogP contribution in [-0.4, -0.2) is 20.9 Å². The van der Waals surface area contributed by atoms with Crippen LogP contribution in [0.2, 0.25) is 10.0 Å². The highest BCUT2D eigenvalue weighted by Gasteiger charge is 2.32. The molecule has 0 radical (unpaired) electrons. The normalized spacial score (nSPS) is 12.5. The van der Waals surface area contributed by atoms with Crippen molar-refractivity contribution in [3.63, 3.8) is 0 Å². The minimum Gasteiger partial charge on any atom is -0.344 e. The van der Waals surface area contributed by atoms with Crippen LogP contribution in [-0.2, 0) is 6.18 Å². The summed E-state index contributed by atoms with van der Waals surface area (Å²) in [5.41, 5.74) is 0.0774. The average Bonchev–Trinajstić information content (AvgIpc) is 2.67. The van der Waals surface area contributed by atoms with Crippen LogP contribution in [0.15, 0.2) is 48.9 Å². The fourth-order valence-corrected chi connectivity index (χ4v) is 2.96. The Hall–Kier alpha value is -2.71. The Kier molecular flexibility index (Phi) is 6.04. The first kappa shape index (κ1) is 21.0. The van der Waals surface area contributed by atoms with Gasteiger partial charge in [-0.25, -0.2) is 0 Å². The van der Waals surface area contributed by atoms with Gasteiger partial charge in [-0.1, -0.05) is 23.2 Å². The lowest BCUT2D eigenvalue weighted by Gasteiger charge is -2.17. The molecule has 10 heteroatoms. The van der Waals surface area contributed by atoms with Gasteiger partial charge in [-0.3, -0.25) is 19.7 Å². The zero-order valence-corrected chi connectivity index (χ0v) is 16.3. The molecular formula is C19H13Cl2F3N4O. The number of halogens is 5. The van der Waals surface area contributed by atoms with E-state index < -0.39 is 23.7 Å². The molecule has 29 heavy (non-hydrogen) atoms. The van der Waals surface area contributed by atoms with E-state index in [-0.39, 0.29) is 10.6 Å². The van der Waals surface area contributed by atoms with Gasteiger partial charge in [0, 0.05) is 29.2 Å². The summed E-state index contributed by atoms with van der Waals surface area (Å²) in [5, 5.41) is 2.87. The molecule has 0 saturated carbocycles. The summed E-state index contributed by atoms with van der Waals surface area (Å²) in [6.07, 6.45) is -0.262. The van der Waals surface area contributed by atoms with Crippen LogP contribution in [0.5, 0.6) is 0 Å². The lowest BCUT2D eigenvalue weighted by Crippen LogP contribution is -2.28. The number of amides is 1. The van der Waals surface area contributed by atoms with E-state index in [4.69, 9.17) is 23.2 Å². The second kappa shape index (κ2) is 8.34. The molecule has 1 N–H and O–H groups in total. The van der Waals surface area contributed by atoms with E-state index in [0.717, 1.165) is 18.2 Å². The molecule has 1 unspecified atom stereocenters. The van der Waals surface area contributed by atoms with E-state index in [1.54, 1.807) is 19.1 Å². The molecule has 3 aromatic rings. The topological polar surface area (TPSA) is 67.8 Å². The van der Waals surface area contributed by atoms with Crippen molar-refractivity contribution in [1.82, 2.24) is 20.3 Å². The third-order valence-electron chi connectivity index (χ3n) is 3.94. The Bertz CT molecular complexity index is 1040. The first-order chi connectivity index (χ1) is 13.6. The Morgan fingerprint density at radius 2 is 1.76 bits per heavy atom. The molecule has 5 nitrogen and oxygen atoms in total. The minimum absolute atomic E-state index is 0.191. The van der Waals surface area contributed by atoms with Gasteiger partial charge in [-0.15, -0.1) is 0 Å². The molecule has 150 valence electrons. The Balaban J connectivity index is 1.88. The number of alkyl halides is 3. The van der Waals surface area contributed by atoms with E-state index in [1.165, 1.54) is 18.6 Å². The van der Waals surface area contributed by atoms with Crippen LogP contribution >= 0.6 is 23.2 Å². The fraction of sp³-hybridized carbons (Fsp3) is 0.158. The molecule has 1 atom stereocenters. The molecule has 3 rings (SSSR count). The molecule has 1 amide bonds. The van der Waals surface area contributed by atoms with Gasteiger partial charge in [-0.2, -0.15) is 13.2 Å². The lowest BCUT2D eigenvalue weighted by atomic mass is 10.1. The highest BCUT2D eigenvalue weighted by molar-refractivity contribution is 6.31. The second-order valence-corrected chi connectivity index (χ2v) is 6.95. The third kappa shape index (κ3) is 5.02. The van der Waals surface area contributed by atoms with Gasteiger partial charge in [-0.05, 0) is 37.3 Å². The van der Waals surface area contributed by atoms with Crippen molar-refractivity contribution in [1.29, 1.82) is 0 Å². The number of hydrogen-bond donors (Lipinski definition) is 1. The van der Waals surface area contributed by atoms with Crippen molar-refractivity contribution in [3.05, 3.63) is 75.8 Å². The van der Waals surface area contributed by atoms with E-state index >= 15 is 0 Å². The van der Waals surface area contributed by atoms with Gasteiger partial charge in [0.05, 0.1) is 28.0 Å². The molecule has 0 saturated heterocycles.